The van der Waals surface area contributed by atoms with Crippen molar-refractivity contribution in [2.75, 3.05) is 7.11 Å². The minimum Gasteiger partial charge on any atom is -0.467 e. The Morgan fingerprint density at radius 3 is 2.06 bits per heavy atom. The Labute approximate surface area is 107 Å². The van der Waals surface area contributed by atoms with Crippen LogP contribution in [0.25, 0.3) is 0 Å². The van der Waals surface area contributed by atoms with Crippen molar-refractivity contribution in [2.45, 2.75) is 46.2 Å². The van der Waals surface area contributed by atoms with Gasteiger partial charge in [0.15, 0.2) is 0 Å². The molecule has 0 spiro atoms. The molecule has 0 bridgehead atoms. The minimum absolute atomic E-state index is 0.0657. The predicted octanol–water partition coefficient (Wildman–Crippen LogP) is 0.215. The first-order valence-corrected chi connectivity index (χ1v) is 5.98. The maximum Gasteiger partial charge on any atom is 0.328 e. The van der Waals surface area contributed by atoms with Gasteiger partial charge in [-0.15, -0.1) is 0 Å². The standard InChI is InChI=1S/C12H22N2O4/c1-6-9(12(17)18-5)14-11(16)10(7(2)3)13-8(4)15/h7,9-10H,6H2,1-5H3,(H,13,15)(H,14,16)/t9-,10+/m0/s1. The molecule has 0 aromatic rings. The molecular weight excluding hydrogens is 236 g/mol. The van der Waals surface area contributed by atoms with E-state index in [0.717, 1.165) is 0 Å². The monoisotopic (exact) mass is 258 g/mol. The summed E-state index contributed by atoms with van der Waals surface area (Å²) < 4.78 is 4.58. The van der Waals surface area contributed by atoms with Gasteiger partial charge in [-0.3, -0.25) is 9.59 Å². The van der Waals surface area contributed by atoms with Crippen molar-refractivity contribution in [3.05, 3.63) is 0 Å². The largest absolute Gasteiger partial charge is 0.467 e. The number of rotatable bonds is 6. The summed E-state index contributed by atoms with van der Waals surface area (Å²) in [6.45, 7) is 6.75. The van der Waals surface area contributed by atoms with Crippen LogP contribution in [0.2, 0.25) is 0 Å². The van der Waals surface area contributed by atoms with E-state index in [1.807, 2.05) is 13.8 Å². The van der Waals surface area contributed by atoms with E-state index in [2.05, 4.69) is 15.4 Å². The third-order valence-electron chi connectivity index (χ3n) is 2.52. The van der Waals surface area contributed by atoms with E-state index in [-0.39, 0.29) is 17.7 Å². The predicted molar refractivity (Wildman–Crippen MR) is 66.7 cm³/mol. The van der Waals surface area contributed by atoms with Crippen molar-refractivity contribution in [1.82, 2.24) is 10.6 Å². The molecule has 0 unspecified atom stereocenters. The smallest absolute Gasteiger partial charge is 0.328 e. The molecule has 0 rings (SSSR count). The van der Waals surface area contributed by atoms with Crippen LogP contribution >= 0.6 is 0 Å². The van der Waals surface area contributed by atoms with Gasteiger partial charge < -0.3 is 15.4 Å². The highest BCUT2D eigenvalue weighted by atomic mass is 16.5. The van der Waals surface area contributed by atoms with Crippen LogP contribution in [-0.4, -0.2) is 37.0 Å². The zero-order valence-corrected chi connectivity index (χ0v) is 11.6. The lowest BCUT2D eigenvalue weighted by Crippen LogP contribution is -2.53. The van der Waals surface area contributed by atoms with Gasteiger partial charge in [-0.05, 0) is 12.3 Å². The van der Waals surface area contributed by atoms with Crippen molar-refractivity contribution in [3.63, 3.8) is 0 Å². The zero-order chi connectivity index (χ0) is 14.3. The van der Waals surface area contributed by atoms with Crippen molar-refractivity contribution in [1.29, 1.82) is 0 Å². The summed E-state index contributed by atoms with van der Waals surface area (Å²) in [5.41, 5.74) is 0. The molecule has 0 aliphatic rings. The minimum atomic E-state index is -0.683. The molecule has 0 fully saturated rings. The van der Waals surface area contributed by atoms with Crippen molar-refractivity contribution >= 4 is 17.8 Å². The third-order valence-corrected chi connectivity index (χ3v) is 2.52. The van der Waals surface area contributed by atoms with Crippen LogP contribution < -0.4 is 10.6 Å². The van der Waals surface area contributed by atoms with E-state index < -0.39 is 18.1 Å². The summed E-state index contributed by atoms with van der Waals surface area (Å²) in [6.07, 6.45) is 0.434. The number of hydrogen-bond donors (Lipinski definition) is 2. The molecule has 0 saturated heterocycles. The van der Waals surface area contributed by atoms with E-state index in [1.165, 1.54) is 14.0 Å². The number of ether oxygens (including phenoxy) is 1. The Hall–Kier alpha value is -1.59. The van der Waals surface area contributed by atoms with Crippen molar-refractivity contribution in [2.24, 2.45) is 5.92 Å². The molecule has 6 nitrogen and oxygen atoms in total. The molecule has 0 heterocycles. The van der Waals surface area contributed by atoms with Gasteiger partial charge in [0.05, 0.1) is 7.11 Å². The van der Waals surface area contributed by atoms with Gasteiger partial charge in [0, 0.05) is 6.92 Å². The molecule has 2 atom stereocenters. The van der Waals surface area contributed by atoms with E-state index in [0.29, 0.717) is 6.42 Å². The molecule has 104 valence electrons. The van der Waals surface area contributed by atoms with E-state index >= 15 is 0 Å². The number of methoxy groups -OCH3 is 1. The molecule has 0 aromatic carbocycles. The molecule has 0 saturated carbocycles. The number of nitrogens with one attached hydrogen (secondary N) is 2. The second-order valence-corrected chi connectivity index (χ2v) is 4.41. The Balaban J connectivity index is 4.67. The number of esters is 1. The molecule has 0 aromatic heterocycles. The van der Waals surface area contributed by atoms with Gasteiger partial charge in [-0.25, -0.2) is 4.79 Å². The Morgan fingerprint density at radius 1 is 1.17 bits per heavy atom. The number of carbonyl (C=O) groups is 3. The molecule has 6 heteroatoms. The van der Waals surface area contributed by atoms with Crippen molar-refractivity contribution in [3.8, 4) is 0 Å². The fraction of sp³-hybridized carbons (Fsp3) is 0.750. The molecule has 0 aliphatic carbocycles. The summed E-state index contributed by atoms with van der Waals surface area (Å²) in [5, 5.41) is 5.14. The number of amides is 2. The fourth-order valence-corrected chi connectivity index (χ4v) is 1.49. The van der Waals surface area contributed by atoms with Crippen LogP contribution in [0, 0.1) is 5.92 Å². The van der Waals surface area contributed by atoms with Crippen LogP contribution in [0.3, 0.4) is 0 Å². The number of hydrogen-bond acceptors (Lipinski definition) is 4. The lowest BCUT2D eigenvalue weighted by molar-refractivity contribution is -0.145. The molecular formula is C12H22N2O4. The average molecular weight is 258 g/mol. The maximum atomic E-state index is 12.0. The van der Waals surface area contributed by atoms with Gasteiger partial charge in [0.2, 0.25) is 11.8 Å². The van der Waals surface area contributed by atoms with E-state index in [9.17, 15) is 14.4 Å². The molecule has 0 radical (unpaired) electrons. The summed E-state index contributed by atoms with van der Waals surface area (Å²) in [6, 6.07) is -1.33. The first kappa shape index (κ1) is 16.4. The van der Waals surface area contributed by atoms with Gasteiger partial charge >= 0.3 is 5.97 Å². The highest BCUT2D eigenvalue weighted by Gasteiger charge is 2.27. The van der Waals surface area contributed by atoms with Crippen molar-refractivity contribution < 1.29 is 19.1 Å². The zero-order valence-electron chi connectivity index (χ0n) is 11.6. The normalized spacial score (nSPS) is 13.7. The topological polar surface area (TPSA) is 84.5 Å². The summed E-state index contributed by atoms with van der Waals surface area (Å²) in [5.74, 6) is -1.22. The summed E-state index contributed by atoms with van der Waals surface area (Å²) >= 11 is 0. The second kappa shape index (κ2) is 7.68. The SMILES string of the molecule is CC[C@H](NC(=O)[C@H](NC(C)=O)C(C)C)C(=O)OC. The Kier molecular flexibility index (Phi) is 7.00. The van der Waals surface area contributed by atoms with Gasteiger partial charge in [-0.1, -0.05) is 20.8 Å². The molecule has 2 amide bonds. The quantitative estimate of drug-likeness (QED) is 0.667. The van der Waals surface area contributed by atoms with Crippen LogP contribution in [-0.2, 0) is 19.1 Å². The Bertz CT molecular complexity index is 315. The summed E-state index contributed by atoms with van der Waals surface area (Å²) in [7, 11) is 1.27. The number of carbonyl (C=O) groups excluding carboxylic acids is 3. The van der Waals surface area contributed by atoms with E-state index in [1.54, 1.807) is 6.92 Å². The van der Waals surface area contributed by atoms with Crippen LogP contribution in [0.1, 0.15) is 34.1 Å². The Morgan fingerprint density at radius 2 is 1.72 bits per heavy atom. The molecule has 0 aliphatic heterocycles. The van der Waals surface area contributed by atoms with Crippen LogP contribution in [0.4, 0.5) is 0 Å². The van der Waals surface area contributed by atoms with Gasteiger partial charge in [0.25, 0.3) is 0 Å². The molecule has 2 N–H and O–H groups in total. The average Bonchev–Trinajstić information content (AvgIpc) is 2.31. The van der Waals surface area contributed by atoms with E-state index in [4.69, 9.17) is 0 Å². The third kappa shape index (κ3) is 5.16. The fourth-order valence-electron chi connectivity index (χ4n) is 1.49. The van der Waals surface area contributed by atoms with Crippen LogP contribution in [0.15, 0.2) is 0 Å². The van der Waals surface area contributed by atoms with Crippen LogP contribution in [0.5, 0.6) is 0 Å². The lowest BCUT2D eigenvalue weighted by Gasteiger charge is -2.23. The summed E-state index contributed by atoms with van der Waals surface area (Å²) in [4.78, 5) is 34.4. The van der Waals surface area contributed by atoms with Gasteiger partial charge in [-0.2, -0.15) is 0 Å². The second-order valence-electron chi connectivity index (χ2n) is 4.41. The van der Waals surface area contributed by atoms with Gasteiger partial charge in [0.1, 0.15) is 12.1 Å². The highest BCUT2D eigenvalue weighted by Crippen LogP contribution is 2.03. The maximum absolute atomic E-state index is 12.0. The molecule has 18 heavy (non-hydrogen) atoms. The lowest BCUT2D eigenvalue weighted by atomic mass is 10.0. The highest BCUT2D eigenvalue weighted by molar-refractivity contribution is 5.90. The first-order chi connectivity index (χ1) is 8.33. The first-order valence-electron chi connectivity index (χ1n) is 5.98.